The fraction of sp³-hybridized carbons (Fsp3) is 0.381. The Morgan fingerprint density at radius 1 is 1.19 bits per heavy atom. The van der Waals surface area contributed by atoms with Crippen molar-refractivity contribution in [2.75, 3.05) is 30.4 Å². The van der Waals surface area contributed by atoms with E-state index in [0.29, 0.717) is 13.2 Å². The van der Waals surface area contributed by atoms with Gasteiger partial charge in [0.25, 0.3) is 0 Å². The lowest BCUT2D eigenvalue weighted by Gasteiger charge is -2.29. The number of amides is 2. The summed E-state index contributed by atoms with van der Waals surface area (Å²) in [7, 11) is 0. The molecule has 142 valence electrons. The molecule has 2 aliphatic heterocycles. The van der Waals surface area contributed by atoms with Gasteiger partial charge < -0.3 is 25.4 Å². The van der Waals surface area contributed by atoms with E-state index in [2.05, 4.69) is 34.9 Å². The Hall–Kier alpha value is -2.57. The number of benzene rings is 2. The van der Waals surface area contributed by atoms with Gasteiger partial charge in [0.15, 0.2) is 0 Å². The number of nitrogens with zero attached hydrogens (tertiary/aromatic N) is 1. The van der Waals surface area contributed by atoms with Crippen molar-refractivity contribution in [1.82, 2.24) is 4.90 Å². The van der Waals surface area contributed by atoms with Crippen LogP contribution in [0.3, 0.4) is 0 Å². The van der Waals surface area contributed by atoms with Gasteiger partial charge in [-0.1, -0.05) is 24.3 Å². The van der Waals surface area contributed by atoms with Crippen LogP contribution in [0, 0.1) is 0 Å². The molecular formula is C21H25N3O3. The number of para-hydroxylation sites is 1. The Morgan fingerprint density at radius 3 is 2.70 bits per heavy atom. The van der Waals surface area contributed by atoms with E-state index in [1.807, 2.05) is 25.1 Å². The van der Waals surface area contributed by atoms with Gasteiger partial charge in [-0.2, -0.15) is 0 Å². The zero-order valence-corrected chi connectivity index (χ0v) is 15.4. The summed E-state index contributed by atoms with van der Waals surface area (Å²) in [6.45, 7) is 3.05. The van der Waals surface area contributed by atoms with E-state index in [1.54, 1.807) is 4.90 Å². The van der Waals surface area contributed by atoms with Crippen LogP contribution in [-0.4, -0.2) is 47.9 Å². The van der Waals surface area contributed by atoms with Gasteiger partial charge in [0, 0.05) is 23.6 Å². The first-order chi connectivity index (χ1) is 13.2. The fourth-order valence-electron chi connectivity index (χ4n) is 3.82. The first-order valence-corrected chi connectivity index (χ1v) is 9.47. The van der Waals surface area contributed by atoms with E-state index < -0.39 is 6.10 Å². The van der Waals surface area contributed by atoms with Crippen molar-refractivity contribution in [1.29, 1.82) is 0 Å². The lowest BCUT2D eigenvalue weighted by molar-refractivity contribution is 0.1000. The van der Waals surface area contributed by atoms with Crippen LogP contribution in [0.5, 0.6) is 0 Å². The molecule has 0 unspecified atom stereocenters. The normalized spacial score (nSPS) is 20.8. The number of anilines is 3. The molecule has 1 fully saturated rings. The maximum atomic E-state index is 12.7. The fourth-order valence-corrected chi connectivity index (χ4v) is 3.82. The third kappa shape index (κ3) is 3.63. The standard InChI is InChI=1S/C21H25N3O3/c1-2-24(19-12-27-13-20(19)25)21(26)22-16-10-9-15-8-7-14-5-3-4-6-17(14)23-18(15)11-16/h3-6,9-11,19-20,23,25H,2,7-8,12-13H2,1H3,(H,22,26)/t19-,20-/m1/s1. The summed E-state index contributed by atoms with van der Waals surface area (Å²) in [6, 6.07) is 13.8. The molecule has 2 amide bonds. The zero-order valence-electron chi connectivity index (χ0n) is 15.4. The molecular weight excluding hydrogens is 342 g/mol. The summed E-state index contributed by atoms with van der Waals surface area (Å²) < 4.78 is 5.29. The number of carbonyl (C=O) groups is 1. The lowest BCUT2D eigenvalue weighted by atomic mass is 10.0. The molecule has 1 saturated heterocycles. The number of ether oxygens (including phenoxy) is 1. The minimum Gasteiger partial charge on any atom is -0.388 e. The molecule has 2 aliphatic rings. The van der Waals surface area contributed by atoms with Crippen molar-refractivity contribution in [2.45, 2.75) is 31.9 Å². The highest BCUT2D eigenvalue weighted by Gasteiger charge is 2.33. The number of nitrogens with one attached hydrogen (secondary N) is 2. The van der Waals surface area contributed by atoms with Gasteiger partial charge in [0.2, 0.25) is 0 Å². The quantitative estimate of drug-likeness (QED) is 0.779. The monoisotopic (exact) mass is 367 g/mol. The number of aliphatic hydroxyl groups is 1. The van der Waals surface area contributed by atoms with Gasteiger partial charge >= 0.3 is 6.03 Å². The third-order valence-electron chi connectivity index (χ3n) is 5.33. The smallest absolute Gasteiger partial charge is 0.322 e. The highest BCUT2D eigenvalue weighted by molar-refractivity contribution is 5.90. The van der Waals surface area contributed by atoms with Crippen molar-refractivity contribution in [3.05, 3.63) is 53.6 Å². The van der Waals surface area contributed by atoms with E-state index in [4.69, 9.17) is 4.74 Å². The van der Waals surface area contributed by atoms with Crippen molar-refractivity contribution < 1.29 is 14.6 Å². The molecule has 4 rings (SSSR count). The molecule has 6 nitrogen and oxygen atoms in total. The number of hydrogen-bond acceptors (Lipinski definition) is 4. The molecule has 27 heavy (non-hydrogen) atoms. The first kappa shape index (κ1) is 17.8. The maximum Gasteiger partial charge on any atom is 0.322 e. The molecule has 0 aromatic heterocycles. The third-order valence-corrected chi connectivity index (χ3v) is 5.33. The van der Waals surface area contributed by atoms with Crippen LogP contribution in [0.2, 0.25) is 0 Å². The topological polar surface area (TPSA) is 73.8 Å². The van der Waals surface area contributed by atoms with Gasteiger partial charge in [-0.25, -0.2) is 4.79 Å². The molecule has 2 heterocycles. The summed E-state index contributed by atoms with van der Waals surface area (Å²) in [5, 5.41) is 16.5. The summed E-state index contributed by atoms with van der Waals surface area (Å²) >= 11 is 0. The van der Waals surface area contributed by atoms with Gasteiger partial charge in [-0.05, 0) is 49.1 Å². The number of carbonyl (C=O) groups excluding carboxylic acids is 1. The van der Waals surface area contributed by atoms with E-state index >= 15 is 0 Å². The molecule has 0 aliphatic carbocycles. The average molecular weight is 367 g/mol. The second kappa shape index (κ2) is 7.58. The number of rotatable bonds is 3. The van der Waals surface area contributed by atoms with E-state index in [-0.39, 0.29) is 18.7 Å². The molecule has 2 atom stereocenters. The predicted octanol–water partition coefficient (Wildman–Crippen LogP) is 3.14. The number of fused-ring (bicyclic) bond motifs is 2. The SMILES string of the molecule is CCN(C(=O)Nc1ccc2c(c1)Nc1ccccc1CC2)[C@@H]1COC[C@H]1O. The van der Waals surface area contributed by atoms with Crippen molar-refractivity contribution in [2.24, 2.45) is 0 Å². The number of likely N-dealkylation sites (N-methyl/N-ethyl adjacent to an activating group) is 1. The Morgan fingerprint density at radius 2 is 1.96 bits per heavy atom. The van der Waals surface area contributed by atoms with Crippen LogP contribution in [0.4, 0.5) is 21.9 Å². The molecule has 0 saturated carbocycles. The number of aliphatic hydroxyl groups excluding tert-OH is 1. The summed E-state index contributed by atoms with van der Waals surface area (Å²) in [5.74, 6) is 0. The maximum absolute atomic E-state index is 12.7. The van der Waals surface area contributed by atoms with Crippen LogP contribution < -0.4 is 10.6 Å². The molecule has 6 heteroatoms. The molecule has 3 N–H and O–H groups in total. The number of aryl methyl sites for hydroxylation is 2. The van der Waals surface area contributed by atoms with E-state index in [0.717, 1.165) is 29.9 Å². The first-order valence-electron chi connectivity index (χ1n) is 9.47. The Kier molecular flexibility index (Phi) is 5.01. The van der Waals surface area contributed by atoms with E-state index in [1.165, 1.54) is 11.1 Å². The minimum absolute atomic E-state index is 0.221. The van der Waals surface area contributed by atoms with Crippen LogP contribution >= 0.6 is 0 Å². The second-order valence-electron chi connectivity index (χ2n) is 7.04. The Labute approximate surface area is 159 Å². The van der Waals surface area contributed by atoms with Crippen LogP contribution in [0.1, 0.15) is 18.1 Å². The molecule has 2 aromatic rings. The van der Waals surface area contributed by atoms with Crippen LogP contribution in [0.15, 0.2) is 42.5 Å². The van der Waals surface area contributed by atoms with Gasteiger partial charge in [-0.3, -0.25) is 0 Å². The Bertz CT molecular complexity index is 839. The predicted molar refractivity (Wildman–Crippen MR) is 106 cm³/mol. The van der Waals surface area contributed by atoms with Crippen molar-refractivity contribution in [3.63, 3.8) is 0 Å². The second-order valence-corrected chi connectivity index (χ2v) is 7.04. The zero-order chi connectivity index (χ0) is 18.8. The Balaban J connectivity index is 1.52. The summed E-state index contributed by atoms with van der Waals surface area (Å²) in [6.07, 6.45) is 1.31. The van der Waals surface area contributed by atoms with Gasteiger partial charge in [0.05, 0.1) is 25.4 Å². The summed E-state index contributed by atoms with van der Waals surface area (Å²) in [4.78, 5) is 14.4. The molecule has 2 aromatic carbocycles. The minimum atomic E-state index is -0.638. The highest BCUT2D eigenvalue weighted by Crippen LogP contribution is 2.31. The largest absolute Gasteiger partial charge is 0.388 e. The van der Waals surface area contributed by atoms with Gasteiger partial charge in [-0.15, -0.1) is 0 Å². The highest BCUT2D eigenvalue weighted by atomic mass is 16.5. The average Bonchev–Trinajstić information content (AvgIpc) is 2.99. The van der Waals surface area contributed by atoms with E-state index in [9.17, 15) is 9.90 Å². The van der Waals surface area contributed by atoms with Crippen molar-refractivity contribution in [3.8, 4) is 0 Å². The van der Waals surface area contributed by atoms with Crippen LogP contribution in [-0.2, 0) is 17.6 Å². The number of hydrogen-bond donors (Lipinski definition) is 3. The van der Waals surface area contributed by atoms with Gasteiger partial charge in [0.1, 0.15) is 0 Å². The number of urea groups is 1. The summed E-state index contributed by atoms with van der Waals surface area (Å²) in [5.41, 5.74) is 5.39. The molecule has 0 radical (unpaired) electrons. The lowest BCUT2D eigenvalue weighted by Crippen LogP contribution is -2.48. The van der Waals surface area contributed by atoms with Crippen molar-refractivity contribution >= 4 is 23.1 Å². The molecule has 0 spiro atoms. The van der Waals surface area contributed by atoms with Crippen LogP contribution in [0.25, 0.3) is 0 Å². The molecule has 0 bridgehead atoms.